The summed E-state index contributed by atoms with van der Waals surface area (Å²) < 4.78 is 1.36. The number of anilines is 1. The number of nitrogens with zero attached hydrogens (tertiary/aromatic N) is 3. The fourth-order valence-corrected chi connectivity index (χ4v) is 2.69. The number of allylic oxidation sites excluding steroid dienone is 1. The van der Waals surface area contributed by atoms with E-state index in [0.717, 1.165) is 19.3 Å². The molecule has 0 atom stereocenters. The lowest BCUT2D eigenvalue weighted by molar-refractivity contribution is -0.115. The van der Waals surface area contributed by atoms with Crippen LogP contribution in [0.2, 0.25) is 0 Å². The number of carbonyl (C=O) groups is 2. The summed E-state index contributed by atoms with van der Waals surface area (Å²) in [5.41, 5.74) is 2.33. The standard InChI is InChI=1S/C17H18N4O3/c22-16(9-12-5-2-1-3-6-12)18-13-7-4-8-14(10-13)21-11-15(17(23)24)19-20-21/h4-5,7-8,10-11H,1-3,6,9H2,(H,18,22)(H,23,24). The molecule has 1 aliphatic rings. The number of carbonyl (C=O) groups excluding carboxylic acids is 1. The summed E-state index contributed by atoms with van der Waals surface area (Å²) in [6.07, 6.45) is 8.28. The van der Waals surface area contributed by atoms with Crippen LogP contribution in [0.25, 0.3) is 5.69 Å². The van der Waals surface area contributed by atoms with Crippen LogP contribution in [0, 0.1) is 0 Å². The summed E-state index contributed by atoms with van der Waals surface area (Å²) in [5.74, 6) is -1.18. The highest BCUT2D eigenvalue weighted by Gasteiger charge is 2.11. The number of hydrogen-bond acceptors (Lipinski definition) is 4. The van der Waals surface area contributed by atoms with Gasteiger partial charge in [0.2, 0.25) is 5.91 Å². The quantitative estimate of drug-likeness (QED) is 0.823. The van der Waals surface area contributed by atoms with E-state index in [1.807, 2.05) is 0 Å². The van der Waals surface area contributed by atoms with Crippen LogP contribution in [-0.4, -0.2) is 32.0 Å². The predicted octanol–water partition coefficient (Wildman–Crippen LogP) is 2.79. The van der Waals surface area contributed by atoms with Crippen molar-refractivity contribution in [3.05, 3.63) is 47.8 Å². The van der Waals surface area contributed by atoms with E-state index in [-0.39, 0.29) is 11.6 Å². The Hall–Kier alpha value is -2.96. The first kappa shape index (κ1) is 15.9. The van der Waals surface area contributed by atoms with Crippen molar-refractivity contribution in [3.63, 3.8) is 0 Å². The minimum Gasteiger partial charge on any atom is -0.476 e. The lowest BCUT2D eigenvalue weighted by Crippen LogP contribution is -2.13. The maximum Gasteiger partial charge on any atom is 0.358 e. The molecular formula is C17H18N4O3. The largest absolute Gasteiger partial charge is 0.476 e. The van der Waals surface area contributed by atoms with E-state index in [4.69, 9.17) is 5.11 Å². The van der Waals surface area contributed by atoms with Gasteiger partial charge in [-0.3, -0.25) is 4.79 Å². The number of aromatic carboxylic acids is 1. The average molecular weight is 326 g/mol. The Kier molecular flexibility index (Phi) is 4.69. The zero-order chi connectivity index (χ0) is 16.9. The molecule has 2 aromatic rings. The molecule has 0 spiro atoms. The Labute approximate surface area is 139 Å². The Morgan fingerprint density at radius 2 is 2.17 bits per heavy atom. The van der Waals surface area contributed by atoms with Crippen LogP contribution < -0.4 is 5.32 Å². The van der Waals surface area contributed by atoms with Crippen molar-refractivity contribution in [2.45, 2.75) is 32.1 Å². The van der Waals surface area contributed by atoms with Crippen LogP contribution in [0.3, 0.4) is 0 Å². The second kappa shape index (κ2) is 7.08. The fraction of sp³-hybridized carbons (Fsp3) is 0.294. The third-order valence-corrected chi connectivity index (χ3v) is 3.88. The molecule has 7 nitrogen and oxygen atoms in total. The Balaban J connectivity index is 1.69. The molecule has 0 unspecified atom stereocenters. The molecule has 0 saturated carbocycles. The zero-order valence-electron chi connectivity index (χ0n) is 13.1. The first-order valence-corrected chi connectivity index (χ1v) is 7.85. The van der Waals surface area contributed by atoms with Crippen molar-refractivity contribution in [1.29, 1.82) is 0 Å². The predicted molar refractivity (Wildman–Crippen MR) is 88.1 cm³/mol. The lowest BCUT2D eigenvalue weighted by Gasteiger charge is -2.13. The number of carboxylic acid groups (broad SMARTS) is 1. The molecule has 1 amide bonds. The number of benzene rings is 1. The van der Waals surface area contributed by atoms with Gasteiger partial charge in [-0.15, -0.1) is 5.10 Å². The molecule has 1 aliphatic carbocycles. The molecule has 1 aromatic heterocycles. The Morgan fingerprint density at radius 3 is 2.88 bits per heavy atom. The molecule has 2 N–H and O–H groups in total. The third kappa shape index (κ3) is 3.87. The van der Waals surface area contributed by atoms with E-state index in [1.54, 1.807) is 24.3 Å². The number of carboxylic acids is 1. The lowest BCUT2D eigenvalue weighted by atomic mass is 9.97. The van der Waals surface area contributed by atoms with Gasteiger partial charge in [-0.25, -0.2) is 9.48 Å². The molecule has 0 saturated heterocycles. The summed E-state index contributed by atoms with van der Waals surface area (Å²) in [7, 11) is 0. The minimum atomic E-state index is -1.13. The summed E-state index contributed by atoms with van der Waals surface area (Å²) in [6, 6.07) is 7.05. The van der Waals surface area contributed by atoms with E-state index in [0.29, 0.717) is 17.8 Å². The maximum absolute atomic E-state index is 12.2. The molecule has 7 heteroatoms. The topological polar surface area (TPSA) is 97.1 Å². The monoisotopic (exact) mass is 326 g/mol. The molecule has 3 rings (SSSR count). The van der Waals surface area contributed by atoms with Crippen molar-refractivity contribution in [1.82, 2.24) is 15.0 Å². The average Bonchev–Trinajstić information content (AvgIpc) is 3.06. The van der Waals surface area contributed by atoms with Crippen LogP contribution in [-0.2, 0) is 4.79 Å². The fourth-order valence-electron chi connectivity index (χ4n) is 2.69. The number of amides is 1. The smallest absolute Gasteiger partial charge is 0.358 e. The highest BCUT2D eigenvalue weighted by molar-refractivity contribution is 5.92. The van der Waals surface area contributed by atoms with Gasteiger partial charge >= 0.3 is 5.97 Å². The highest BCUT2D eigenvalue weighted by Crippen LogP contribution is 2.21. The van der Waals surface area contributed by atoms with Crippen LogP contribution in [0.5, 0.6) is 0 Å². The summed E-state index contributed by atoms with van der Waals surface area (Å²) in [4.78, 5) is 23.0. The molecule has 0 bridgehead atoms. The van der Waals surface area contributed by atoms with Crippen LogP contribution in [0.4, 0.5) is 5.69 Å². The van der Waals surface area contributed by atoms with Crippen LogP contribution in [0.15, 0.2) is 42.1 Å². The van der Waals surface area contributed by atoms with Gasteiger partial charge in [0.15, 0.2) is 5.69 Å². The van der Waals surface area contributed by atoms with Gasteiger partial charge in [-0.1, -0.05) is 22.9 Å². The first-order valence-electron chi connectivity index (χ1n) is 7.85. The molecule has 1 aromatic carbocycles. The minimum absolute atomic E-state index is 0.0508. The normalized spacial score (nSPS) is 14.1. The van der Waals surface area contributed by atoms with Gasteiger partial charge < -0.3 is 10.4 Å². The van der Waals surface area contributed by atoms with E-state index in [2.05, 4.69) is 21.7 Å². The van der Waals surface area contributed by atoms with Crippen molar-refractivity contribution in [3.8, 4) is 5.69 Å². The van der Waals surface area contributed by atoms with E-state index >= 15 is 0 Å². The van der Waals surface area contributed by atoms with E-state index in [1.165, 1.54) is 22.9 Å². The highest BCUT2D eigenvalue weighted by atomic mass is 16.4. The number of nitrogens with one attached hydrogen (secondary N) is 1. The number of hydrogen-bond donors (Lipinski definition) is 2. The Morgan fingerprint density at radius 1 is 1.29 bits per heavy atom. The molecule has 1 heterocycles. The Bertz CT molecular complexity index is 795. The molecule has 0 aliphatic heterocycles. The summed E-state index contributed by atoms with van der Waals surface area (Å²) >= 11 is 0. The number of aromatic nitrogens is 3. The molecule has 0 radical (unpaired) electrons. The van der Waals surface area contributed by atoms with Crippen molar-refractivity contribution < 1.29 is 14.7 Å². The van der Waals surface area contributed by atoms with Gasteiger partial charge in [0.05, 0.1) is 11.9 Å². The van der Waals surface area contributed by atoms with E-state index < -0.39 is 5.97 Å². The van der Waals surface area contributed by atoms with Gasteiger partial charge in [0.25, 0.3) is 0 Å². The molecule has 124 valence electrons. The zero-order valence-corrected chi connectivity index (χ0v) is 13.1. The van der Waals surface area contributed by atoms with Crippen molar-refractivity contribution in [2.75, 3.05) is 5.32 Å². The first-order chi connectivity index (χ1) is 11.6. The third-order valence-electron chi connectivity index (χ3n) is 3.88. The van der Waals surface area contributed by atoms with Crippen molar-refractivity contribution >= 4 is 17.6 Å². The second-order valence-electron chi connectivity index (χ2n) is 5.74. The molecular weight excluding hydrogens is 308 g/mol. The second-order valence-corrected chi connectivity index (χ2v) is 5.74. The van der Waals surface area contributed by atoms with Crippen LogP contribution >= 0.6 is 0 Å². The van der Waals surface area contributed by atoms with Gasteiger partial charge in [-0.2, -0.15) is 0 Å². The molecule has 24 heavy (non-hydrogen) atoms. The van der Waals surface area contributed by atoms with Crippen LogP contribution in [0.1, 0.15) is 42.6 Å². The number of rotatable bonds is 5. The van der Waals surface area contributed by atoms with Gasteiger partial charge in [0, 0.05) is 12.1 Å². The maximum atomic E-state index is 12.2. The van der Waals surface area contributed by atoms with Gasteiger partial charge in [-0.05, 0) is 43.9 Å². The van der Waals surface area contributed by atoms with E-state index in [9.17, 15) is 9.59 Å². The SMILES string of the molecule is O=C(CC1=CCCCC1)Nc1cccc(-n2cc(C(=O)O)nn2)c1. The summed E-state index contributed by atoms with van der Waals surface area (Å²) in [5, 5.41) is 19.1. The summed E-state index contributed by atoms with van der Waals surface area (Å²) in [6.45, 7) is 0. The van der Waals surface area contributed by atoms with Crippen molar-refractivity contribution in [2.24, 2.45) is 0 Å². The molecule has 0 fully saturated rings. The van der Waals surface area contributed by atoms with Gasteiger partial charge in [0.1, 0.15) is 0 Å².